The van der Waals surface area contributed by atoms with E-state index in [1.165, 1.54) is 0 Å². The van der Waals surface area contributed by atoms with E-state index in [2.05, 4.69) is 0 Å². The molecule has 0 unspecified atom stereocenters. The van der Waals surface area contributed by atoms with Crippen LogP contribution in [0, 0.1) is 10.1 Å². The van der Waals surface area contributed by atoms with Crippen LogP contribution in [0.4, 0.5) is 11.4 Å². The molecule has 0 spiro atoms. The van der Waals surface area contributed by atoms with E-state index in [4.69, 9.17) is 4.55 Å². The molecule has 16 heavy (non-hydrogen) atoms. The molecular weight excluding hydrogens is 240 g/mol. The Kier molecular flexibility index (Phi) is 3.20. The monoisotopic (exact) mass is 246 g/mol. The number of carbonyl (C=O) groups is 1. The van der Waals surface area contributed by atoms with Crippen LogP contribution >= 0.6 is 0 Å². The topological polar surface area (TPSA) is 127 Å². The zero-order valence-electron chi connectivity index (χ0n) is 7.65. The van der Waals surface area contributed by atoms with Crippen molar-refractivity contribution < 1.29 is 22.7 Å². The van der Waals surface area contributed by atoms with Crippen molar-refractivity contribution in [2.45, 2.75) is 4.90 Å². The van der Waals surface area contributed by atoms with E-state index in [0.717, 1.165) is 12.1 Å². The fourth-order valence-corrected chi connectivity index (χ4v) is 1.70. The summed E-state index contributed by atoms with van der Waals surface area (Å²) in [6.07, 6.45) is 0.190. The summed E-state index contributed by atoms with van der Waals surface area (Å²) in [5.41, 5.74) is -0.743. The molecule has 1 aromatic rings. The first-order valence-electron chi connectivity index (χ1n) is 3.82. The van der Waals surface area contributed by atoms with Gasteiger partial charge >= 0.3 is 0 Å². The summed E-state index contributed by atoms with van der Waals surface area (Å²) in [5, 5.41) is 12.4. The average Bonchev–Trinajstić information content (AvgIpc) is 2.16. The molecule has 0 aliphatic rings. The molecule has 86 valence electrons. The number of anilines is 1. The molecular formula is C7H6N2O6S. The van der Waals surface area contributed by atoms with Crippen molar-refractivity contribution in [1.29, 1.82) is 0 Å². The van der Waals surface area contributed by atoms with Crippen molar-refractivity contribution in [3.8, 4) is 0 Å². The number of nitro benzene ring substituents is 1. The normalized spacial score (nSPS) is 10.8. The Morgan fingerprint density at radius 1 is 1.44 bits per heavy atom. The first-order chi connectivity index (χ1) is 7.36. The van der Waals surface area contributed by atoms with Crippen LogP contribution in [0.2, 0.25) is 0 Å². The second kappa shape index (κ2) is 4.24. The van der Waals surface area contributed by atoms with Gasteiger partial charge in [-0.15, -0.1) is 0 Å². The standard InChI is InChI=1S/C7H6N2O6S/c10-4-8-6-2-1-5(9(11)12)3-7(6)16(13,14)15/h1-4H,(H,8,10)(H,13,14,15). The van der Waals surface area contributed by atoms with Crippen molar-refractivity contribution in [2.24, 2.45) is 0 Å². The SMILES string of the molecule is O=CNc1ccc([N+](=O)[O-])cc1S(=O)(=O)O. The second-order valence-corrected chi connectivity index (χ2v) is 4.06. The van der Waals surface area contributed by atoms with Crippen molar-refractivity contribution in [1.82, 2.24) is 0 Å². The predicted molar refractivity (Wildman–Crippen MR) is 52.6 cm³/mol. The molecule has 1 rings (SSSR count). The molecule has 8 nitrogen and oxygen atoms in total. The van der Waals surface area contributed by atoms with Gasteiger partial charge in [-0.25, -0.2) is 0 Å². The molecule has 0 heterocycles. The summed E-state index contributed by atoms with van der Waals surface area (Å²) >= 11 is 0. The highest BCUT2D eigenvalue weighted by molar-refractivity contribution is 7.86. The zero-order valence-corrected chi connectivity index (χ0v) is 8.47. The van der Waals surface area contributed by atoms with Crippen LogP contribution in [-0.4, -0.2) is 24.3 Å². The first kappa shape index (κ1) is 12.1. The lowest BCUT2D eigenvalue weighted by Gasteiger charge is -2.04. The van der Waals surface area contributed by atoms with Crippen LogP contribution in [0.1, 0.15) is 0 Å². The highest BCUT2D eigenvalue weighted by Crippen LogP contribution is 2.25. The van der Waals surface area contributed by atoms with Crippen LogP contribution in [0.3, 0.4) is 0 Å². The molecule has 0 saturated carbocycles. The third kappa shape index (κ3) is 2.52. The Morgan fingerprint density at radius 2 is 2.06 bits per heavy atom. The molecule has 1 aromatic carbocycles. The zero-order chi connectivity index (χ0) is 12.3. The van der Waals surface area contributed by atoms with Crippen LogP contribution in [0.5, 0.6) is 0 Å². The number of nitrogens with one attached hydrogen (secondary N) is 1. The van der Waals surface area contributed by atoms with Gasteiger partial charge in [0.25, 0.3) is 15.8 Å². The summed E-state index contributed by atoms with van der Waals surface area (Å²) in [6.45, 7) is 0. The highest BCUT2D eigenvalue weighted by atomic mass is 32.2. The van der Waals surface area contributed by atoms with E-state index in [1.807, 2.05) is 5.32 Å². The summed E-state index contributed by atoms with van der Waals surface area (Å²) in [5.74, 6) is 0. The summed E-state index contributed by atoms with van der Waals surface area (Å²) in [6, 6.07) is 2.66. The van der Waals surface area contributed by atoms with Crippen molar-refractivity contribution in [3.05, 3.63) is 28.3 Å². The fourth-order valence-electron chi connectivity index (χ4n) is 1.02. The molecule has 0 saturated heterocycles. The lowest BCUT2D eigenvalue weighted by Crippen LogP contribution is -2.05. The van der Waals surface area contributed by atoms with E-state index < -0.39 is 25.6 Å². The Labute approximate surface area is 89.8 Å². The third-order valence-electron chi connectivity index (χ3n) is 1.67. The summed E-state index contributed by atoms with van der Waals surface area (Å²) < 4.78 is 30.6. The number of nitro groups is 1. The van der Waals surface area contributed by atoms with Crippen LogP contribution in [0.15, 0.2) is 23.1 Å². The Bertz CT molecular complexity index is 538. The summed E-state index contributed by atoms with van der Waals surface area (Å²) in [7, 11) is -4.64. The molecule has 2 N–H and O–H groups in total. The van der Waals surface area contributed by atoms with Gasteiger partial charge in [0.2, 0.25) is 6.41 Å². The van der Waals surface area contributed by atoms with Gasteiger partial charge in [-0.1, -0.05) is 0 Å². The van der Waals surface area contributed by atoms with Crippen LogP contribution in [0.25, 0.3) is 0 Å². The van der Waals surface area contributed by atoms with Crippen LogP contribution < -0.4 is 5.32 Å². The fraction of sp³-hybridized carbons (Fsp3) is 0. The number of carbonyl (C=O) groups excluding carboxylic acids is 1. The number of nitrogens with zero attached hydrogens (tertiary/aromatic N) is 1. The molecule has 0 aliphatic heterocycles. The van der Waals surface area contributed by atoms with Gasteiger partial charge in [0, 0.05) is 12.1 Å². The van der Waals surface area contributed by atoms with Gasteiger partial charge in [0.1, 0.15) is 4.90 Å². The molecule has 0 radical (unpaired) electrons. The number of hydrogen-bond acceptors (Lipinski definition) is 5. The largest absolute Gasteiger partial charge is 0.327 e. The molecule has 0 bridgehead atoms. The van der Waals surface area contributed by atoms with Gasteiger partial charge in [-0.2, -0.15) is 8.42 Å². The van der Waals surface area contributed by atoms with Gasteiger partial charge < -0.3 is 5.32 Å². The number of rotatable bonds is 4. The number of non-ortho nitro benzene ring substituents is 1. The van der Waals surface area contributed by atoms with Gasteiger partial charge in [0.15, 0.2) is 0 Å². The van der Waals surface area contributed by atoms with Gasteiger partial charge in [0.05, 0.1) is 10.6 Å². The van der Waals surface area contributed by atoms with Crippen LogP contribution in [-0.2, 0) is 14.9 Å². The Morgan fingerprint density at radius 3 is 2.50 bits per heavy atom. The maximum Gasteiger partial charge on any atom is 0.296 e. The predicted octanol–water partition coefficient (Wildman–Crippen LogP) is 0.410. The Balaban J connectivity index is 3.44. The molecule has 0 fully saturated rings. The van der Waals surface area contributed by atoms with Gasteiger partial charge in [-0.05, 0) is 6.07 Å². The lowest BCUT2D eigenvalue weighted by molar-refractivity contribution is -0.385. The quantitative estimate of drug-likeness (QED) is 0.343. The van der Waals surface area contributed by atoms with Crippen molar-refractivity contribution in [2.75, 3.05) is 5.32 Å². The number of amides is 1. The smallest absolute Gasteiger partial charge is 0.296 e. The minimum atomic E-state index is -4.64. The van der Waals surface area contributed by atoms with E-state index in [-0.39, 0.29) is 12.1 Å². The number of hydrogen-bond donors (Lipinski definition) is 2. The van der Waals surface area contributed by atoms with E-state index >= 15 is 0 Å². The van der Waals surface area contributed by atoms with Gasteiger partial charge in [-0.3, -0.25) is 19.5 Å². The lowest BCUT2D eigenvalue weighted by atomic mass is 10.3. The van der Waals surface area contributed by atoms with E-state index in [9.17, 15) is 23.3 Å². The Hall–Kier alpha value is -2.00. The second-order valence-electron chi connectivity index (χ2n) is 2.67. The van der Waals surface area contributed by atoms with E-state index in [1.54, 1.807) is 0 Å². The molecule has 1 amide bonds. The molecule has 0 aliphatic carbocycles. The third-order valence-corrected chi connectivity index (χ3v) is 2.56. The maximum atomic E-state index is 10.9. The van der Waals surface area contributed by atoms with E-state index in [0.29, 0.717) is 6.07 Å². The molecule has 0 atom stereocenters. The molecule has 9 heteroatoms. The van der Waals surface area contributed by atoms with Crippen molar-refractivity contribution >= 4 is 27.9 Å². The highest BCUT2D eigenvalue weighted by Gasteiger charge is 2.19. The minimum Gasteiger partial charge on any atom is -0.327 e. The minimum absolute atomic E-state index is 0.190. The summed E-state index contributed by atoms with van der Waals surface area (Å²) in [4.78, 5) is 19.0. The maximum absolute atomic E-state index is 10.9. The molecule has 0 aromatic heterocycles. The number of benzene rings is 1. The first-order valence-corrected chi connectivity index (χ1v) is 5.26. The average molecular weight is 246 g/mol. The van der Waals surface area contributed by atoms with Crippen molar-refractivity contribution in [3.63, 3.8) is 0 Å².